The van der Waals surface area contributed by atoms with E-state index in [1.807, 2.05) is 27.7 Å². The molecule has 0 aliphatic carbocycles. The first kappa shape index (κ1) is 18.2. The number of benzene rings is 1. The van der Waals surface area contributed by atoms with Crippen LogP contribution < -0.4 is 0 Å². The van der Waals surface area contributed by atoms with Crippen molar-refractivity contribution in [2.75, 3.05) is 13.1 Å². The molecule has 0 heterocycles. The van der Waals surface area contributed by atoms with Crippen molar-refractivity contribution in [1.82, 2.24) is 0 Å². The van der Waals surface area contributed by atoms with Crippen molar-refractivity contribution < 1.29 is 24.5 Å². The topological polar surface area (TPSA) is 52.6 Å². The summed E-state index contributed by atoms with van der Waals surface area (Å²) in [5.41, 5.74) is -0.270. The van der Waals surface area contributed by atoms with Crippen molar-refractivity contribution in [3.63, 3.8) is 0 Å². The van der Waals surface area contributed by atoms with E-state index in [9.17, 15) is 9.59 Å². The highest BCUT2D eigenvalue weighted by atomic mass is 16.5. The van der Waals surface area contributed by atoms with Gasteiger partial charge in [-0.15, -0.1) is 0 Å². The third kappa shape index (κ3) is 8.45. The van der Waals surface area contributed by atoms with E-state index in [1.54, 1.807) is 12.1 Å². The Bertz CT molecular complexity index is 675. The molecule has 0 amide bonds. The number of hydrogen-bond acceptors (Lipinski definition) is 4. The van der Waals surface area contributed by atoms with Gasteiger partial charge in [-0.05, 0) is 36.8 Å². The standard InChI is InChI=1S/C24H38O4/c1-5-9-13-19(7-3)17-27-23(25)21-15-11-12-16-22(21)24(26)28-18-20(8-4)14-10-6-2/h11-12,15-16,19-20H,5-10,13-14,17-18H2,1-4H3/i17D2,18D2. The summed E-state index contributed by atoms with van der Waals surface area (Å²) in [6, 6.07) is 5.82. The largest absolute Gasteiger partial charge is 0.462 e. The number of hydrogen-bond donors (Lipinski definition) is 0. The Kier molecular flexibility index (Phi) is 9.23. The van der Waals surface area contributed by atoms with Gasteiger partial charge in [0.15, 0.2) is 0 Å². The molecular formula is C24H38O4. The van der Waals surface area contributed by atoms with E-state index >= 15 is 0 Å². The first-order valence-corrected chi connectivity index (χ1v) is 10.6. The van der Waals surface area contributed by atoms with Gasteiger partial charge in [0, 0.05) is 0 Å². The van der Waals surface area contributed by atoms with Gasteiger partial charge in [0.05, 0.1) is 29.7 Å². The van der Waals surface area contributed by atoms with Gasteiger partial charge in [-0.3, -0.25) is 0 Å². The Balaban J connectivity index is 3.05. The van der Waals surface area contributed by atoms with Gasteiger partial charge < -0.3 is 9.47 Å². The fourth-order valence-electron chi connectivity index (χ4n) is 2.82. The van der Waals surface area contributed by atoms with E-state index in [-0.39, 0.29) is 11.1 Å². The van der Waals surface area contributed by atoms with E-state index < -0.39 is 36.9 Å². The quantitative estimate of drug-likeness (QED) is 0.341. The molecule has 0 aliphatic heterocycles. The van der Waals surface area contributed by atoms with E-state index in [2.05, 4.69) is 0 Å². The third-order valence-electron chi connectivity index (χ3n) is 4.80. The van der Waals surface area contributed by atoms with E-state index in [0.29, 0.717) is 25.7 Å². The zero-order chi connectivity index (χ0) is 24.4. The zero-order valence-electron chi connectivity index (χ0n) is 21.8. The van der Waals surface area contributed by atoms with Crippen molar-refractivity contribution >= 4 is 11.9 Å². The monoisotopic (exact) mass is 394 g/mol. The fraction of sp³-hybridized carbons (Fsp3) is 0.667. The molecule has 0 spiro atoms. The van der Waals surface area contributed by atoms with Crippen molar-refractivity contribution in [2.45, 2.75) is 79.1 Å². The van der Waals surface area contributed by atoms with E-state index in [0.717, 1.165) is 25.7 Å². The number of ether oxygens (including phenoxy) is 2. The van der Waals surface area contributed by atoms with Crippen LogP contribution >= 0.6 is 0 Å². The average molecular weight is 395 g/mol. The second-order valence-corrected chi connectivity index (χ2v) is 7.06. The van der Waals surface area contributed by atoms with Gasteiger partial charge in [0.1, 0.15) is 0 Å². The molecular weight excluding hydrogens is 352 g/mol. The maximum absolute atomic E-state index is 12.8. The lowest BCUT2D eigenvalue weighted by atomic mass is 10.0. The summed E-state index contributed by atoms with van der Waals surface area (Å²) in [5, 5.41) is 0. The maximum atomic E-state index is 12.8. The molecule has 0 N–H and O–H groups in total. The molecule has 1 aromatic carbocycles. The van der Waals surface area contributed by atoms with Crippen molar-refractivity contribution in [3.8, 4) is 0 Å². The molecule has 0 radical (unpaired) electrons. The Labute approximate surface area is 176 Å². The molecule has 0 aromatic heterocycles. The van der Waals surface area contributed by atoms with Gasteiger partial charge in [0.2, 0.25) is 0 Å². The summed E-state index contributed by atoms with van der Waals surface area (Å²) in [6.45, 7) is 3.37. The molecule has 0 aliphatic rings. The number of esters is 2. The van der Waals surface area contributed by atoms with Crippen LogP contribution in [0.2, 0.25) is 0 Å². The number of rotatable bonds is 14. The highest BCUT2D eigenvalue weighted by molar-refractivity contribution is 6.03. The normalized spacial score (nSPS) is 16.1. The highest BCUT2D eigenvalue weighted by Crippen LogP contribution is 2.18. The van der Waals surface area contributed by atoms with Gasteiger partial charge >= 0.3 is 11.9 Å². The van der Waals surface area contributed by atoms with Crippen molar-refractivity contribution in [2.24, 2.45) is 11.8 Å². The third-order valence-corrected chi connectivity index (χ3v) is 4.80. The molecule has 28 heavy (non-hydrogen) atoms. The maximum Gasteiger partial charge on any atom is 0.339 e. The smallest absolute Gasteiger partial charge is 0.339 e. The Morgan fingerprint density at radius 3 is 1.54 bits per heavy atom. The molecule has 4 heteroatoms. The summed E-state index contributed by atoms with van der Waals surface area (Å²) in [5.74, 6) is -2.83. The molecule has 1 rings (SSSR count). The molecule has 158 valence electrons. The second kappa shape index (κ2) is 14.2. The molecule has 0 saturated heterocycles. The summed E-state index contributed by atoms with van der Waals surface area (Å²) in [7, 11) is 0. The second-order valence-electron chi connectivity index (χ2n) is 7.06. The van der Waals surface area contributed by atoms with Crippen molar-refractivity contribution in [3.05, 3.63) is 35.4 Å². The number of carbonyl (C=O) groups is 2. The van der Waals surface area contributed by atoms with Gasteiger partial charge in [-0.25, -0.2) is 9.59 Å². The van der Waals surface area contributed by atoms with Crippen LogP contribution in [0.4, 0.5) is 0 Å². The lowest BCUT2D eigenvalue weighted by Crippen LogP contribution is -2.19. The number of unbranched alkanes of at least 4 members (excludes halogenated alkanes) is 2. The zero-order valence-corrected chi connectivity index (χ0v) is 17.8. The Hall–Kier alpha value is -1.84. The average Bonchev–Trinajstić information content (AvgIpc) is 2.73. The van der Waals surface area contributed by atoms with Crippen LogP contribution in [0.3, 0.4) is 0 Å². The van der Waals surface area contributed by atoms with Gasteiger partial charge in [-0.2, -0.15) is 0 Å². The predicted molar refractivity (Wildman–Crippen MR) is 114 cm³/mol. The highest BCUT2D eigenvalue weighted by Gasteiger charge is 2.21. The molecule has 2 unspecified atom stereocenters. The lowest BCUT2D eigenvalue weighted by Gasteiger charge is -2.17. The van der Waals surface area contributed by atoms with E-state index in [1.165, 1.54) is 12.1 Å². The Morgan fingerprint density at radius 1 is 0.821 bits per heavy atom. The van der Waals surface area contributed by atoms with Crippen LogP contribution in [0.25, 0.3) is 0 Å². The van der Waals surface area contributed by atoms with Crippen LogP contribution in [0.1, 0.15) is 105 Å². The first-order chi connectivity index (χ1) is 15.0. The summed E-state index contributed by atoms with van der Waals surface area (Å²) >= 11 is 0. The summed E-state index contributed by atoms with van der Waals surface area (Å²) in [6.07, 6.45) is 5.68. The minimum atomic E-state index is -2.18. The van der Waals surface area contributed by atoms with Gasteiger partial charge in [-0.1, -0.05) is 78.4 Å². The molecule has 0 saturated carbocycles. The van der Waals surface area contributed by atoms with Crippen LogP contribution in [-0.2, 0) is 9.47 Å². The molecule has 4 nitrogen and oxygen atoms in total. The van der Waals surface area contributed by atoms with Crippen molar-refractivity contribution in [1.29, 1.82) is 0 Å². The molecule has 0 fully saturated rings. The van der Waals surface area contributed by atoms with Crippen LogP contribution in [0, 0.1) is 11.8 Å². The fourth-order valence-corrected chi connectivity index (χ4v) is 2.82. The molecule has 2 atom stereocenters. The number of carbonyl (C=O) groups excluding carboxylic acids is 2. The predicted octanol–water partition coefficient (Wildman–Crippen LogP) is 6.43. The minimum Gasteiger partial charge on any atom is -0.462 e. The lowest BCUT2D eigenvalue weighted by molar-refractivity contribution is 0.0381. The van der Waals surface area contributed by atoms with Crippen LogP contribution in [-0.4, -0.2) is 25.1 Å². The summed E-state index contributed by atoms with van der Waals surface area (Å²) in [4.78, 5) is 25.6. The minimum absolute atomic E-state index is 0.135. The first-order valence-electron chi connectivity index (χ1n) is 12.6. The summed E-state index contributed by atoms with van der Waals surface area (Å²) < 4.78 is 43.4. The van der Waals surface area contributed by atoms with Gasteiger partial charge in [0.25, 0.3) is 0 Å². The SMILES string of the molecule is [2H]C([2H])(OC(=O)c1ccccc1C(=O)OC([2H])([2H])C(CC)CCCC)C(CC)CCCC. The van der Waals surface area contributed by atoms with Crippen LogP contribution in [0.15, 0.2) is 24.3 Å². The van der Waals surface area contributed by atoms with Crippen LogP contribution in [0.5, 0.6) is 0 Å². The Morgan fingerprint density at radius 2 is 1.21 bits per heavy atom. The van der Waals surface area contributed by atoms with E-state index in [4.69, 9.17) is 15.0 Å². The molecule has 0 bridgehead atoms. The molecule has 1 aromatic rings.